The Kier molecular flexibility index (Phi) is 5.16. The molecule has 3 aromatic rings. The van der Waals surface area contributed by atoms with Crippen molar-refractivity contribution in [2.75, 3.05) is 7.05 Å². The fourth-order valence-corrected chi connectivity index (χ4v) is 3.11. The maximum atomic E-state index is 12.8. The number of rotatable bonds is 5. The van der Waals surface area contributed by atoms with Crippen LogP contribution in [-0.2, 0) is 12.6 Å². The number of nitrogens with zero attached hydrogens (tertiary/aromatic N) is 1. The van der Waals surface area contributed by atoms with Crippen LogP contribution < -0.4 is 0 Å². The van der Waals surface area contributed by atoms with Crippen molar-refractivity contribution in [1.82, 2.24) is 4.98 Å². The molecule has 0 saturated carbocycles. The van der Waals surface area contributed by atoms with E-state index in [2.05, 4.69) is 29.0 Å². The summed E-state index contributed by atoms with van der Waals surface area (Å²) < 4.78 is 38.4. The number of nitrogens with one attached hydrogen (secondary N) is 1. The van der Waals surface area contributed by atoms with Gasteiger partial charge in [-0.1, -0.05) is 31.5 Å². The fraction of sp³-hybridized carbons (Fsp3) is 0.286. The SMILES string of the molecule is CCCCc1ccc2[nH]c(-c3ccc(C(F)(F)F)cc3)c(C=NC)c2c1. The van der Waals surface area contributed by atoms with Gasteiger partial charge in [-0.15, -0.1) is 0 Å². The van der Waals surface area contributed by atoms with Crippen molar-refractivity contribution in [1.29, 1.82) is 0 Å². The zero-order valence-electron chi connectivity index (χ0n) is 14.8. The normalized spacial score (nSPS) is 12.3. The average molecular weight is 358 g/mol. The Morgan fingerprint density at radius 2 is 1.81 bits per heavy atom. The molecule has 0 aliphatic rings. The summed E-state index contributed by atoms with van der Waals surface area (Å²) in [5, 5.41) is 1.04. The minimum absolute atomic E-state index is 0.648. The number of aromatic nitrogens is 1. The maximum absolute atomic E-state index is 12.8. The van der Waals surface area contributed by atoms with Crippen LogP contribution in [-0.4, -0.2) is 18.2 Å². The van der Waals surface area contributed by atoms with Crippen LogP contribution >= 0.6 is 0 Å². The van der Waals surface area contributed by atoms with Crippen molar-refractivity contribution < 1.29 is 13.2 Å². The van der Waals surface area contributed by atoms with E-state index in [-0.39, 0.29) is 0 Å². The topological polar surface area (TPSA) is 28.1 Å². The molecule has 3 rings (SSSR count). The van der Waals surface area contributed by atoms with Crippen molar-refractivity contribution in [2.45, 2.75) is 32.4 Å². The van der Waals surface area contributed by atoms with Gasteiger partial charge in [0.15, 0.2) is 0 Å². The lowest BCUT2D eigenvalue weighted by molar-refractivity contribution is -0.137. The molecule has 5 heteroatoms. The first-order valence-corrected chi connectivity index (χ1v) is 8.68. The van der Waals surface area contributed by atoms with Gasteiger partial charge < -0.3 is 4.98 Å². The van der Waals surface area contributed by atoms with Crippen LogP contribution in [0.1, 0.15) is 36.5 Å². The van der Waals surface area contributed by atoms with Crippen LogP contribution in [0.25, 0.3) is 22.2 Å². The van der Waals surface area contributed by atoms with Crippen LogP contribution in [0.4, 0.5) is 13.2 Å². The third-order valence-corrected chi connectivity index (χ3v) is 4.48. The Balaban J connectivity index is 2.08. The van der Waals surface area contributed by atoms with E-state index in [0.717, 1.165) is 53.6 Å². The van der Waals surface area contributed by atoms with E-state index in [9.17, 15) is 13.2 Å². The summed E-state index contributed by atoms with van der Waals surface area (Å²) in [5.74, 6) is 0. The van der Waals surface area contributed by atoms with Gasteiger partial charge in [0.25, 0.3) is 0 Å². The molecule has 1 aromatic heterocycles. The molecule has 2 nitrogen and oxygen atoms in total. The van der Waals surface area contributed by atoms with Gasteiger partial charge in [-0.3, -0.25) is 4.99 Å². The smallest absolute Gasteiger partial charge is 0.354 e. The highest BCUT2D eigenvalue weighted by Gasteiger charge is 2.30. The molecule has 0 unspecified atom stereocenters. The number of benzene rings is 2. The monoisotopic (exact) mass is 358 g/mol. The lowest BCUT2D eigenvalue weighted by Gasteiger charge is -2.07. The molecule has 0 bridgehead atoms. The van der Waals surface area contributed by atoms with E-state index in [4.69, 9.17) is 0 Å². The van der Waals surface area contributed by atoms with Gasteiger partial charge in [0.2, 0.25) is 0 Å². The van der Waals surface area contributed by atoms with Crippen LogP contribution in [0.2, 0.25) is 0 Å². The lowest BCUT2D eigenvalue weighted by atomic mass is 10.0. The summed E-state index contributed by atoms with van der Waals surface area (Å²) in [6.45, 7) is 2.16. The number of alkyl halides is 3. The number of aliphatic imine (C=N–C) groups is 1. The quantitative estimate of drug-likeness (QED) is 0.523. The first-order chi connectivity index (χ1) is 12.4. The highest BCUT2D eigenvalue weighted by molar-refractivity contribution is 6.06. The van der Waals surface area contributed by atoms with Gasteiger partial charge >= 0.3 is 6.18 Å². The number of halogens is 3. The highest BCUT2D eigenvalue weighted by atomic mass is 19.4. The van der Waals surface area contributed by atoms with E-state index in [1.54, 1.807) is 13.3 Å². The number of aromatic amines is 1. The number of hydrogen-bond acceptors (Lipinski definition) is 1. The molecule has 2 aromatic carbocycles. The molecule has 0 fully saturated rings. The van der Waals surface area contributed by atoms with Gasteiger partial charge in [-0.05, 0) is 48.2 Å². The van der Waals surface area contributed by atoms with Crippen LogP contribution in [0, 0.1) is 0 Å². The summed E-state index contributed by atoms with van der Waals surface area (Å²) in [6, 6.07) is 11.5. The van der Waals surface area contributed by atoms with Gasteiger partial charge in [-0.25, -0.2) is 0 Å². The van der Waals surface area contributed by atoms with E-state index < -0.39 is 11.7 Å². The number of H-pyrrole nitrogens is 1. The third kappa shape index (κ3) is 3.66. The molecule has 0 amide bonds. The van der Waals surface area contributed by atoms with Gasteiger partial charge in [0, 0.05) is 29.7 Å². The number of fused-ring (bicyclic) bond motifs is 1. The van der Waals surface area contributed by atoms with Gasteiger partial charge in [0.1, 0.15) is 0 Å². The van der Waals surface area contributed by atoms with Crippen molar-refractivity contribution in [3.8, 4) is 11.3 Å². The maximum Gasteiger partial charge on any atom is 0.416 e. The van der Waals surface area contributed by atoms with E-state index in [1.165, 1.54) is 17.7 Å². The van der Waals surface area contributed by atoms with Gasteiger partial charge in [0.05, 0.1) is 11.3 Å². The second-order valence-corrected chi connectivity index (χ2v) is 6.36. The Labute approximate surface area is 150 Å². The molecule has 0 aliphatic carbocycles. The fourth-order valence-electron chi connectivity index (χ4n) is 3.11. The van der Waals surface area contributed by atoms with Crippen LogP contribution in [0.3, 0.4) is 0 Å². The second-order valence-electron chi connectivity index (χ2n) is 6.36. The molecular formula is C21H21F3N2. The number of unbranched alkanes of at least 4 members (excludes halogenated alkanes) is 1. The molecule has 0 aliphatic heterocycles. The largest absolute Gasteiger partial charge is 0.416 e. The second kappa shape index (κ2) is 7.36. The Morgan fingerprint density at radius 3 is 2.42 bits per heavy atom. The highest BCUT2D eigenvalue weighted by Crippen LogP contribution is 2.33. The third-order valence-electron chi connectivity index (χ3n) is 4.48. The Morgan fingerprint density at radius 1 is 1.08 bits per heavy atom. The standard InChI is InChI=1S/C21H21F3N2/c1-3-4-5-14-6-11-19-17(12-14)18(13-25-2)20(26-19)15-7-9-16(10-8-15)21(22,23)24/h6-13,26H,3-5H2,1-2H3. The summed E-state index contributed by atoms with van der Waals surface area (Å²) in [7, 11) is 1.69. The molecular weight excluding hydrogens is 337 g/mol. The van der Waals surface area contributed by atoms with E-state index >= 15 is 0 Å². The molecule has 26 heavy (non-hydrogen) atoms. The molecule has 1 heterocycles. The van der Waals surface area contributed by atoms with Crippen molar-refractivity contribution in [3.05, 3.63) is 59.2 Å². The van der Waals surface area contributed by atoms with Crippen molar-refractivity contribution in [3.63, 3.8) is 0 Å². The minimum Gasteiger partial charge on any atom is -0.354 e. The van der Waals surface area contributed by atoms with Crippen molar-refractivity contribution >= 4 is 17.1 Å². The zero-order valence-corrected chi connectivity index (χ0v) is 14.8. The predicted molar refractivity (Wildman–Crippen MR) is 101 cm³/mol. The zero-order chi connectivity index (χ0) is 18.7. The minimum atomic E-state index is -4.33. The van der Waals surface area contributed by atoms with E-state index in [1.807, 2.05) is 6.07 Å². The van der Waals surface area contributed by atoms with Crippen molar-refractivity contribution in [2.24, 2.45) is 4.99 Å². The lowest BCUT2D eigenvalue weighted by Crippen LogP contribution is -2.04. The molecule has 0 radical (unpaired) electrons. The molecule has 0 spiro atoms. The first kappa shape index (κ1) is 18.2. The van der Waals surface area contributed by atoms with Crippen LogP contribution in [0.5, 0.6) is 0 Å². The first-order valence-electron chi connectivity index (χ1n) is 8.68. The molecule has 136 valence electrons. The summed E-state index contributed by atoms with van der Waals surface area (Å²) in [5.41, 5.74) is 3.95. The summed E-state index contributed by atoms with van der Waals surface area (Å²) in [6.07, 6.45) is 0.691. The molecule has 1 N–H and O–H groups in total. The summed E-state index contributed by atoms with van der Waals surface area (Å²) in [4.78, 5) is 7.47. The average Bonchev–Trinajstić information content (AvgIpc) is 2.98. The predicted octanol–water partition coefficient (Wildman–Crippen LogP) is 6.25. The van der Waals surface area contributed by atoms with Gasteiger partial charge in [-0.2, -0.15) is 13.2 Å². The number of aryl methyl sites for hydroxylation is 1. The molecule has 0 atom stereocenters. The Bertz CT molecular complexity index is 919. The number of hydrogen-bond donors (Lipinski definition) is 1. The molecule has 0 saturated heterocycles. The van der Waals surface area contributed by atoms with Crippen LogP contribution in [0.15, 0.2) is 47.5 Å². The summed E-state index contributed by atoms with van der Waals surface area (Å²) >= 11 is 0. The van der Waals surface area contributed by atoms with E-state index in [0.29, 0.717) is 5.56 Å². The Hall–Kier alpha value is -2.56.